The van der Waals surface area contributed by atoms with Gasteiger partial charge in [-0.1, -0.05) is 44.2 Å². The number of ether oxygens (including phenoxy) is 1. The minimum Gasteiger partial charge on any atom is -0.489 e. The Morgan fingerprint density at radius 1 is 1.06 bits per heavy atom. The van der Waals surface area contributed by atoms with E-state index in [0.717, 1.165) is 11.4 Å². The summed E-state index contributed by atoms with van der Waals surface area (Å²) in [6.07, 6.45) is 0. The summed E-state index contributed by atoms with van der Waals surface area (Å²) in [7, 11) is 0. The Bertz CT molecular complexity index is 503. The first-order chi connectivity index (χ1) is 8.65. The van der Waals surface area contributed by atoms with Gasteiger partial charge in [-0.25, -0.2) is 0 Å². The molecule has 0 aliphatic rings. The third-order valence-corrected chi connectivity index (χ3v) is 2.91. The largest absolute Gasteiger partial charge is 0.489 e. The van der Waals surface area contributed by atoms with Gasteiger partial charge in [0.2, 0.25) is 0 Å². The average molecular weight is 241 g/mol. The van der Waals surface area contributed by atoms with Crippen molar-refractivity contribution in [1.82, 2.24) is 0 Å². The van der Waals surface area contributed by atoms with E-state index in [4.69, 9.17) is 10.5 Å². The molecule has 2 aromatic rings. The van der Waals surface area contributed by atoms with Crippen molar-refractivity contribution in [3.63, 3.8) is 0 Å². The van der Waals surface area contributed by atoms with Gasteiger partial charge < -0.3 is 10.5 Å². The Morgan fingerprint density at radius 3 is 2.39 bits per heavy atom. The van der Waals surface area contributed by atoms with Gasteiger partial charge in [-0.2, -0.15) is 0 Å². The molecule has 0 atom stereocenters. The van der Waals surface area contributed by atoms with Crippen LogP contribution in [0.15, 0.2) is 48.5 Å². The zero-order valence-corrected chi connectivity index (χ0v) is 10.9. The van der Waals surface area contributed by atoms with E-state index in [0.29, 0.717) is 12.5 Å². The molecular formula is C16H19NO. The van der Waals surface area contributed by atoms with E-state index in [2.05, 4.69) is 38.1 Å². The Kier molecular flexibility index (Phi) is 3.88. The molecule has 0 saturated carbocycles. The maximum Gasteiger partial charge on any atom is 0.121 e. The smallest absolute Gasteiger partial charge is 0.121 e. The molecular weight excluding hydrogens is 222 g/mol. The third-order valence-electron chi connectivity index (χ3n) is 2.91. The standard InChI is InChI=1S/C16H19NO/c1-12(2)14-8-6-13(7-9-14)11-18-16-5-3-4-15(17)10-16/h3-10,12H,11,17H2,1-2H3. The summed E-state index contributed by atoms with van der Waals surface area (Å²) in [5.74, 6) is 1.37. The molecule has 0 aromatic heterocycles. The van der Waals surface area contributed by atoms with Gasteiger partial charge in [0, 0.05) is 11.8 Å². The molecule has 0 heterocycles. The number of hydrogen-bond donors (Lipinski definition) is 1. The number of rotatable bonds is 4. The monoisotopic (exact) mass is 241 g/mol. The molecule has 0 radical (unpaired) electrons. The average Bonchev–Trinajstić information content (AvgIpc) is 2.37. The van der Waals surface area contributed by atoms with Crippen molar-refractivity contribution in [3.8, 4) is 5.75 Å². The van der Waals surface area contributed by atoms with Gasteiger partial charge in [0.15, 0.2) is 0 Å². The van der Waals surface area contributed by atoms with Crippen LogP contribution >= 0.6 is 0 Å². The van der Waals surface area contributed by atoms with Crippen LogP contribution < -0.4 is 10.5 Å². The zero-order valence-electron chi connectivity index (χ0n) is 10.9. The Morgan fingerprint density at radius 2 is 1.78 bits per heavy atom. The number of benzene rings is 2. The van der Waals surface area contributed by atoms with E-state index in [1.165, 1.54) is 11.1 Å². The van der Waals surface area contributed by atoms with Crippen LogP contribution in [0.2, 0.25) is 0 Å². The highest BCUT2D eigenvalue weighted by atomic mass is 16.5. The summed E-state index contributed by atoms with van der Waals surface area (Å²) in [6.45, 7) is 4.96. The van der Waals surface area contributed by atoms with Crippen LogP contribution in [0, 0.1) is 0 Å². The lowest BCUT2D eigenvalue weighted by molar-refractivity contribution is 0.306. The normalized spacial score (nSPS) is 10.6. The van der Waals surface area contributed by atoms with Crippen LogP contribution in [0.3, 0.4) is 0 Å². The number of nitrogens with two attached hydrogens (primary N) is 1. The predicted octanol–water partition coefficient (Wildman–Crippen LogP) is 3.97. The fraction of sp³-hybridized carbons (Fsp3) is 0.250. The van der Waals surface area contributed by atoms with Crippen LogP contribution in [-0.2, 0) is 6.61 Å². The molecule has 18 heavy (non-hydrogen) atoms. The Hall–Kier alpha value is -1.96. The van der Waals surface area contributed by atoms with Gasteiger partial charge in [-0.15, -0.1) is 0 Å². The zero-order chi connectivity index (χ0) is 13.0. The summed E-state index contributed by atoms with van der Waals surface area (Å²) < 4.78 is 5.69. The third kappa shape index (κ3) is 3.27. The SMILES string of the molecule is CC(C)c1ccc(COc2cccc(N)c2)cc1. The molecule has 0 fully saturated rings. The van der Waals surface area contributed by atoms with Crippen LogP contribution in [0.5, 0.6) is 5.75 Å². The second-order valence-electron chi connectivity index (χ2n) is 4.76. The second-order valence-corrected chi connectivity index (χ2v) is 4.76. The maximum atomic E-state index is 5.70. The van der Waals surface area contributed by atoms with Gasteiger partial charge in [0.25, 0.3) is 0 Å². The van der Waals surface area contributed by atoms with Crippen LogP contribution in [0.1, 0.15) is 30.9 Å². The molecule has 2 aromatic carbocycles. The fourth-order valence-electron chi connectivity index (χ4n) is 1.77. The first-order valence-electron chi connectivity index (χ1n) is 6.22. The molecule has 94 valence electrons. The van der Waals surface area contributed by atoms with E-state index in [1.807, 2.05) is 24.3 Å². The maximum absolute atomic E-state index is 5.70. The molecule has 0 unspecified atom stereocenters. The number of anilines is 1. The van der Waals surface area contributed by atoms with Crippen LogP contribution in [0.25, 0.3) is 0 Å². The van der Waals surface area contributed by atoms with Crippen molar-refractivity contribution >= 4 is 5.69 Å². The minimum atomic E-state index is 0.564. The van der Waals surface area contributed by atoms with E-state index >= 15 is 0 Å². The quantitative estimate of drug-likeness (QED) is 0.822. The summed E-state index contributed by atoms with van der Waals surface area (Å²) in [5, 5.41) is 0. The highest BCUT2D eigenvalue weighted by Gasteiger charge is 2.00. The highest BCUT2D eigenvalue weighted by molar-refractivity contribution is 5.43. The molecule has 2 rings (SSSR count). The Balaban J connectivity index is 1.98. The molecule has 0 spiro atoms. The molecule has 0 aliphatic carbocycles. The first kappa shape index (κ1) is 12.5. The highest BCUT2D eigenvalue weighted by Crippen LogP contribution is 2.18. The summed E-state index contributed by atoms with van der Waals surface area (Å²) in [4.78, 5) is 0. The van der Waals surface area contributed by atoms with Crippen molar-refractivity contribution < 1.29 is 4.74 Å². The minimum absolute atomic E-state index is 0.564. The molecule has 0 aliphatic heterocycles. The lowest BCUT2D eigenvalue weighted by atomic mass is 10.0. The van der Waals surface area contributed by atoms with E-state index in [1.54, 1.807) is 0 Å². The van der Waals surface area contributed by atoms with Gasteiger partial charge in [0.1, 0.15) is 12.4 Å². The predicted molar refractivity (Wildman–Crippen MR) is 75.7 cm³/mol. The van der Waals surface area contributed by atoms with Gasteiger partial charge in [-0.05, 0) is 29.2 Å². The van der Waals surface area contributed by atoms with Crippen molar-refractivity contribution in [2.24, 2.45) is 0 Å². The van der Waals surface area contributed by atoms with Gasteiger partial charge in [0.05, 0.1) is 0 Å². The lowest BCUT2D eigenvalue weighted by Gasteiger charge is -2.09. The van der Waals surface area contributed by atoms with Crippen LogP contribution in [0.4, 0.5) is 5.69 Å². The van der Waals surface area contributed by atoms with Crippen LogP contribution in [-0.4, -0.2) is 0 Å². The van der Waals surface area contributed by atoms with E-state index in [-0.39, 0.29) is 0 Å². The molecule has 2 heteroatoms. The second kappa shape index (κ2) is 5.58. The van der Waals surface area contributed by atoms with Crippen molar-refractivity contribution in [3.05, 3.63) is 59.7 Å². The fourth-order valence-corrected chi connectivity index (χ4v) is 1.77. The van der Waals surface area contributed by atoms with Crippen molar-refractivity contribution in [1.29, 1.82) is 0 Å². The summed E-state index contributed by atoms with van der Waals surface area (Å²) >= 11 is 0. The summed E-state index contributed by atoms with van der Waals surface area (Å²) in [6, 6.07) is 16.0. The first-order valence-corrected chi connectivity index (χ1v) is 6.22. The molecule has 0 amide bonds. The number of nitrogen functional groups attached to an aromatic ring is 1. The lowest BCUT2D eigenvalue weighted by Crippen LogP contribution is -1.97. The van der Waals surface area contributed by atoms with Gasteiger partial charge >= 0.3 is 0 Å². The van der Waals surface area contributed by atoms with Crippen molar-refractivity contribution in [2.75, 3.05) is 5.73 Å². The van der Waals surface area contributed by atoms with Gasteiger partial charge in [-0.3, -0.25) is 0 Å². The van der Waals surface area contributed by atoms with Crippen molar-refractivity contribution in [2.45, 2.75) is 26.4 Å². The van der Waals surface area contributed by atoms with E-state index in [9.17, 15) is 0 Å². The number of hydrogen-bond acceptors (Lipinski definition) is 2. The Labute approximate surface area is 108 Å². The van der Waals surface area contributed by atoms with E-state index < -0.39 is 0 Å². The molecule has 0 saturated heterocycles. The molecule has 0 bridgehead atoms. The molecule has 2 N–H and O–H groups in total. The summed E-state index contributed by atoms with van der Waals surface area (Å²) in [5.41, 5.74) is 8.94. The molecule has 2 nitrogen and oxygen atoms in total. The topological polar surface area (TPSA) is 35.2 Å².